The van der Waals surface area contributed by atoms with Crippen LogP contribution in [0, 0.1) is 5.82 Å². The number of carbonyl (C=O) groups is 1. The van der Waals surface area contributed by atoms with E-state index in [1.54, 1.807) is 11.1 Å². The number of halogens is 1. The van der Waals surface area contributed by atoms with Gasteiger partial charge in [0.05, 0.1) is 22.5 Å². The van der Waals surface area contributed by atoms with Gasteiger partial charge in [-0.1, -0.05) is 42.1 Å². The third-order valence-corrected chi connectivity index (χ3v) is 8.32. The van der Waals surface area contributed by atoms with Gasteiger partial charge < -0.3 is 9.47 Å². The van der Waals surface area contributed by atoms with Crippen LogP contribution in [0.15, 0.2) is 70.8 Å². The fourth-order valence-electron chi connectivity index (χ4n) is 3.55. The van der Waals surface area contributed by atoms with Crippen molar-refractivity contribution in [1.29, 1.82) is 0 Å². The maximum absolute atomic E-state index is 13.1. The Hall–Kier alpha value is -2.69. The number of aromatic nitrogens is 2. The van der Waals surface area contributed by atoms with Crippen molar-refractivity contribution in [2.24, 2.45) is 7.05 Å². The number of hydrogen-bond donors (Lipinski definition) is 0. The summed E-state index contributed by atoms with van der Waals surface area (Å²) in [6.45, 7) is 1.04. The van der Waals surface area contributed by atoms with E-state index in [0.717, 1.165) is 28.5 Å². The molecule has 4 rings (SSSR count). The maximum atomic E-state index is 13.1. The van der Waals surface area contributed by atoms with Crippen LogP contribution in [0.1, 0.15) is 0 Å². The normalized spacial score (nSPS) is 15.1. The first-order valence-electron chi connectivity index (χ1n) is 10.1. The molecule has 0 aliphatic carbocycles. The summed E-state index contributed by atoms with van der Waals surface area (Å²) in [6.07, 6.45) is 1.79. The number of amides is 1. The first-order valence-corrected chi connectivity index (χ1v) is 12.5. The number of nitrogens with zero attached hydrogens (tertiary/aromatic N) is 4. The summed E-state index contributed by atoms with van der Waals surface area (Å²) < 4.78 is 41.9. The van der Waals surface area contributed by atoms with Gasteiger partial charge in [-0.05, 0) is 29.8 Å². The molecule has 1 saturated heterocycles. The summed E-state index contributed by atoms with van der Waals surface area (Å²) >= 11 is 1.36. The highest BCUT2D eigenvalue weighted by Crippen LogP contribution is 2.25. The highest BCUT2D eigenvalue weighted by molar-refractivity contribution is 7.99. The fourth-order valence-corrected chi connectivity index (χ4v) is 5.83. The van der Waals surface area contributed by atoms with Crippen molar-refractivity contribution in [3.8, 4) is 11.3 Å². The molecule has 1 aliphatic rings. The van der Waals surface area contributed by atoms with E-state index in [1.807, 2.05) is 41.9 Å². The second kappa shape index (κ2) is 9.43. The smallest absolute Gasteiger partial charge is 0.243 e. The van der Waals surface area contributed by atoms with Gasteiger partial charge in [0.25, 0.3) is 0 Å². The van der Waals surface area contributed by atoms with Crippen molar-refractivity contribution in [2.45, 2.75) is 10.1 Å². The molecule has 10 heteroatoms. The molecule has 1 aromatic heterocycles. The maximum Gasteiger partial charge on any atom is 0.243 e. The average Bonchev–Trinajstić information content (AvgIpc) is 3.18. The van der Waals surface area contributed by atoms with Gasteiger partial charge in [0.15, 0.2) is 5.16 Å². The van der Waals surface area contributed by atoms with Gasteiger partial charge in [0.1, 0.15) is 5.82 Å². The van der Waals surface area contributed by atoms with E-state index >= 15 is 0 Å². The fraction of sp³-hybridized carbons (Fsp3) is 0.273. The van der Waals surface area contributed by atoms with Gasteiger partial charge in [0, 0.05) is 33.2 Å². The molecule has 3 aromatic rings. The van der Waals surface area contributed by atoms with Gasteiger partial charge in [-0.25, -0.2) is 17.8 Å². The van der Waals surface area contributed by atoms with E-state index in [9.17, 15) is 17.6 Å². The van der Waals surface area contributed by atoms with Crippen molar-refractivity contribution in [3.05, 3.63) is 66.6 Å². The number of rotatable bonds is 6. The van der Waals surface area contributed by atoms with Crippen LogP contribution in [0.5, 0.6) is 0 Å². The molecular formula is C22H23FN4O3S2. The van der Waals surface area contributed by atoms with Crippen LogP contribution < -0.4 is 0 Å². The Labute approximate surface area is 190 Å². The van der Waals surface area contributed by atoms with Crippen molar-refractivity contribution in [2.75, 3.05) is 31.9 Å². The summed E-state index contributed by atoms with van der Waals surface area (Å²) in [5.41, 5.74) is 2.03. The standard InChI is InChI=1S/C22H23FN4O3S2/c1-25-20(17-5-3-2-4-6-17)15-24-22(25)31-16-21(28)26-11-13-27(14-12-26)32(29,30)19-9-7-18(23)8-10-19/h2-10,15H,11-14,16H2,1H3. The molecule has 0 N–H and O–H groups in total. The van der Waals surface area contributed by atoms with Crippen LogP contribution in [0.25, 0.3) is 11.3 Å². The molecule has 1 amide bonds. The Morgan fingerprint density at radius 3 is 2.34 bits per heavy atom. The number of hydrogen-bond acceptors (Lipinski definition) is 5. The molecule has 0 bridgehead atoms. The SMILES string of the molecule is Cn1c(-c2ccccc2)cnc1SCC(=O)N1CCN(S(=O)(=O)c2ccc(F)cc2)CC1. The Kier molecular flexibility index (Phi) is 6.63. The van der Waals surface area contributed by atoms with Crippen LogP contribution in [-0.2, 0) is 21.9 Å². The minimum atomic E-state index is -3.70. The predicted molar refractivity (Wildman–Crippen MR) is 121 cm³/mol. The molecule has 2 heterocycles. The largest absolute Gasteiger partial charge is 0.339 e. The molecule has 168 valence electrons. The summed E-state index contributed by atoms with van der Waals surface area (Å²) in [5.74, 6) is -0.317. The number of thioether (sulfide) groups is 1. The number of imidazole rings is 1. The first-order chi connectivity index (χ1) is 15.4. The van der Waals surface area contributed by atoms with Crippen LogP contribution >= 0.6 is 11.8 Å². The topological polar surface area (TPSA) is 75.5 Å². The summed E-state index contributed by atoms with van der Waals surface area (Å²) in [6, 6.07) is 14.7. The zero-order valence-electron chi connectivity index (χ0n) is 17.5. The number of piperazine rings is 1. The zero-order chi connectivity index (χ0) is 22.7. The van der Waals surface area contributed by atoms with Crippen molar-refractivity contribution in [3.63, 3.8) is 0 Å². The predicted octanol–water partition coefficient (Wildman–Crippen LogP) is 2.85. The molecule has 0 radical (unpaired) electrons. The summed E-state index contributed by atoms with van der Waals surface area (Å²) in [4.78, 5) is 18.8. The quantitative estimate of drug-likeness (QED) is 0.514. The molecule has 1 aliphatic heterocycles. The molecule has 2 aromatic carbocycles. The molecular weight excluding hydrogens is 451 g/mol. The molecule has 0 unspecified atom stereocenters. The van der Waals surface area contributed by atoms with E-state index < -0.39 is 15.8 Å². The Morgan fingerprint density at radius 2 is 1.69 bits per heavy atom. The second-order valence-electron chi connectivity index (χ2n) is 7.38. The minimum absolute atomic E-state index is 0.0539. The van der Waals surface area contributed by atoms with Crippen LogP contribution in [-0.4, -0.2) is 65.0 Å². The van der Waals surface area contributed by atoms with Gasteiger partial charge in [-0.3, -0.25) is 4.79 Å². The lowest BCUT2D eigenvalue weighted by molar-refractivity contribution is -0.129. The summed E-state index contributed by atoms with van der Waals surface area (Å²) in [5, 5.41) is 0.745. The van der Waals surface area contributed by atoms with Gasteiger partial charge in [-0.2, -0.15) is 4.31 Å². The van der Waals surface area contributed by atoms with E-state index in [2.05, 4.69) is 4.98 Å². The highest BCUT2D eigenvalue weighted by atomic mass is 32.2. The third-order valence-electron chi connectivity index (χ3n) is 5.38. The Morgan fingerprint density at radius 1 is 1.03 bits per heavy atom. The lowest BCUT2D eigenvalue weighted by Crippen LogP contribution is -2.50. The molecule has 0 atom stereocenters. The van der Waals surface area contributed by atoms with Crippen LogP contribution in [0.4, 0.5) is 4.39 Å². The Balaban J connectivity index is 1.33. The van der Waals surface area contributed by atoms with Gasteiger partial charge >= 0.3 is 0 Å². The number of carbonyl (C=O) groups excluding carboxylic acids is 1. The van der Waals surface area contributed by atoms with Gasteiger partial charge in [-0.15, -0.1) is 0 Å². The lowest BCUT2D eigenvalue weighted by Gasteiger charge is -2.34. The molecule has 0 saturated carbocycles. The van der Waals surface area contributed by atoms with E-state index in [0.29, 0.717) is 13.1 Å². The van der Waals surface area contributed by atoms with Crippen LogP contribution in [0.2, 0.25) is 0 Å². The summed E-state index contributed by atoms with van der Waals surface area (Å²) in [7, 11) is -1.78. The monoisotopic (exact) mass is 474 g/mol. The minimum Gasteiger partial charge on any atom is -0.339 e. The number of benzene rings is 2. The van der Waals surface area contributed by atoms with E-state index in [1.165, 1.54) is 28.2 Å². The Bertz CT molecular complexity index is 1190. The average molecular weight is 475 g/mol. The first kappa shape index (κ1) is 22.5. The van der Waals surface area contributed by atoms with Crippen molar-refractivity contribution in [1.82, 2.24) is 18.8 Å². The number of sulfonamides is 1. The lowest BCUT2D eigenvalue weighted by atomic mass is 10.2. The van der Waals surface area contributed by atoms with Crippen LogP contribution in [0.3, 0.4) is 0 Å². The third kappa shape index (κ3) is 4.72. The molecule has 7 nitrogen and oxygen atoms in total. The van der Waals surface area contributed by atoms with Crippen molar-refractivity contribution < 1.29 is 17.6 Å². The molecule has 0 spiro atoms. The zero-order valence-corrected chi connectivity index (χ0v) is 19.2. The van der Waals surface area contributed by atoms with E-state index in [4.69, 9.17) is 0 Å². The van der Waals surface area contributed by atoms with Gasteiger partial charge in [0.2, 0.25) is 15.9 Å². The van der Waals surface area contributed by atoms with E-state index in [-0.39, 0.29) is 29.6 Å². The highest BCUT2D eigenvalue weighted by Gasteiger charge is 2.30. The second-order valence-corrected chi connectivity index (χ2v) is 10.3. The molecule has 32 heavy (non-hydrogen) atoms. The van der Waals surface area contributed by atoms with Crippen molar-refractivity contribution >= 4 is 27.7 Å². The molecule has 1 fully saturated rings.